The monoisotopic (exact) mass is 295 g/mol. The Balaban J connectivity index is 2.05. The van der Waals surface area contributed by atoms with Crippen molar-refractivity contribution >= 4 is 17.3 Å². The molecule has 0 spiro atoms. The second-order valence-corrected chi connectivity index (χ2v) is 4.73. The van der Waals surface area contributed by atoms with Crippen LogP contribution in [-0.4, -0.2) is 30.3 Å². The van der Waals surface area contributed by atoms with Crippen molar-refractivity contribution in [1.82, 2.24) is 9.55 Å². The Morgan fingerprint density at radius 1 is 1.25 bits per heavy atom. The van der Waals surface area contributed by atoms with Crippen LogP contribution in [0, 0.1) is 0 Å². The van der Waals surface area contributed by atoms with Gasteiger partial charge in [0.2, 0.25) is 0 Å². The molecule has 0 fully saturated rings. The summed E-state index contributed by atoms with van der Waals surface area (Å²) in [6.45, 7) is 0.740. The summed E-state index contributed by atoms with van der Waals surface area (Å²) in [4.78, 5) is 4.28. The molecule has 2 aromatic rings. The molecule has 0 saturated carbocycles. The highest BCUT2D eigenvalue weighted by atomic mass is 35.5. The Morgan fingerprint density at radius 2 is 2.00 bits per heavy atom. The van der Waals surface area contributed by atoms with Gasteiger partial charge in [-0.05, 0) is 6.07 Å². The highest BCUT2D eigenvalue weighted by Crippen LogP contribution is 2.35. The predicted molar refractivity (Wildman–Crippen MR) is 80.0 cm³/mol. The van der Waals surface area contributed by atoms with Crippen LogP contribution in [0.5, 0.6) is 11.5 Å². The first kappa shape index (κ1) is 14.5. The Bertz CT molecular complexity index is 584. The summed E-state index contributed by atoms with van der Waals surface area (Å²) in [5.41, 5.74) is 0.840. The van der Waals surface area contributed by atoms with Gasteiger partial charge in [-0.25, -0.2) is 4.98 Å². The topological polar surface area (TPSA) is 48.3 Å². The zero-order valence-corrected chi connectivity index (χ0v) is 12.6. The van der Waals surface area contributed by atoms with Gasteiger partial charge in [0.25, 0.3) is 0 Å². The minimum absolute atomic E-state index is 0.549. The van der Waals surface area contributed by atoms with Crippen LogP contribution in [0.4, 0.5) is 5.69 Å². The number of halogens is 1. The molecule has 6 heteroatoms. The number of aryl methyl sites for hydroxylation is 1. The zero-order chi connectivity index (χ0) is 14.5. The first-order valence-corrected chi connectivity index (χ1v) is 6.65. The summed E-state index contributed by atoms with van der Waals surface area (Å²) in [6, 6.07) is 3.57. The Kier molecular flexibility index (Phi) is 4.74. The van der Waals surface area contributed by atoms with E-state index in [0.717, 1.165) is 24.5 Å². The lowest BCUT2D eigenvalue weighted by atomic mass is 10.2. The average molecular weight is 296 g/mol. The maximum Gasteiger partial charge on any atom is 0.145 e. The van der Waals surface area contributed by atoms with Crippen molar-refractivity contribution < 1.29 is 9.47 Å². The van der Waals surface area contributed by atoms with E-state index in [1.165, 1.54) is 0 Å². The minimum atomic E-state index is 0.549. The largest absolute Gasteiger partial charge is 0.495 e. The molecule has 1 aromatic carbocycles. The van der Waals surface area contributed by atoms with Crippen LogP contribution in [0.3, 0.4) is 0 Å². The van der Waals surface area contributed by atoms with Crippen molar-refractivity contribution in [3.63, 3.8) is 0 Å². The summed E-state index contributed by atoms with van der Waals surface area (Å²) < 4.78 is 12.5. The number of benzene rings is 1. The Morgan fingerprint density at radius 3 is 2.60 bits per heavy atom. The quantitative estimate of drug-likeness (QED) is 0.890. The van der Waals surface area contributed by atoms with E-state index >= 15 is 0 Å². The van der Waals surface area contributed by atoms with Gasteiger partial charge in [0, 0.05) is 38.5 Å². The number of imidazole rings is 1. The molecule has 0 atom stereocenters. The van der Waals surface area contributed by atoms with Gasteiger partial charge >= 0.3 is 0 Å². The van der Waals surface area contributed by atoms with Gasteiger partial charge in [-0.1, -0.05) is 11.6 Å². The van der Waals surface area contributed by atoms with Crippen LogP contribution < -0.4 is 14.8 Å². The number of ether oxygens (including phenoxy) is 2. The van der Waals surface area contributed by atoms with E-state index in [1.54, 1.807) is 32.5 Å². The van der Waals surface area contributed by atoms with Gasteiger partial charge in [-0.2, -0.15) is 0 Å². The third-order valence-electron chi connectivity index (χ3n) is 3.06. The van der Waals surface area contributed by atoms with E-state index in [2.05, 4.69) is 10.3 Å². The van der Waals surface area contributed by atoms with Crippen LogP contribution in [0.1, 0.15) is 5.82 Å². The number of rotatable bonds is 6. The number of anilines is 1. The number of hydrogen-bond acceptors (Lipinski definition) is 4. The first-order chi connectivity index (χ1) is 9.65. The molecule has 0 radical (unpaired) electrons. The molecule has 1 heterocycles. The first-order valence-electron chi connectivity index (χ1n) is 6.27. The molecule has 0 aliphatic carbocycles. The van der Waals surface area contributed by atoms with Crippen molar-refractivity contribution in [3.8, 4) is 11.5 Å². The van der Waals surface area contributed by atoms with Crippen molar-refractivity contribution in [1.29, 1.82) is 0 Å². The van der Waals surface area contributed by atoms with Crippen LogP contribution in [0.15, 0.2) is 24.5 Å². The third kappa shape index (κ3) is 3.17. The molecule has 5 nitrogen and oxygen atoms in total. The number of hydrogen-bond donors (Lipinski definition) is 1. The second-order valence-electron chi connectivity index (χ2n) is 4.32. The van der Waals surface area contributed by atoms with Gasteiger partial charge in [-0.15, -0.1) is 0 Å². The van der Waals surface area contributed by atoms with Crippen LogP contribution in [0.25, 0.3) is 0 Å². The number of aromatic nitrogens is 2. The fraction of sp³-hybridized carbons (Fsp3) is 0.357. The third-order valence-corrected chi connectivity index (χ3v) is 3.35. The molecular weight excluding hydrogens is 278 g/mol. The van der Waals surface area contributed by atoms with E-state index in [0.29, 0.717) is 16.5 Å². The smallest absolute Gasteiger partial charge is 0.145 e. The summed E-state index contributed by atoms with van der Waals surface area (Å²) in [7, 11) is 5.18. The molecule has 0 aliphatic heterocycles. The van der Waals surface area contributed by atoms with E-state index in [-0.39, 0.29) is 0 Å². The number of nitrogens with one attached hydrogen (secondary N) is 1. The second kappa shape index (κ2) is 6.52. The van der Waals surface area contributed by atoms with Gasteiger partial charge in [0.05, 0.1) is 24.9 Å². The van der Waals surface area contributed by atoms with Crippen molar-refractivity contribution in [2.24, 2.45) is 7.05 Å². The normalized spacial score (nSPS) is 10.4. The highest BCUT2D eigenvalue weighted by molar-refractivity contribution is 6.32. The van der Waals surface area contributed by atoms with E-state index in [9.17, 15) is 0 Å². The number of methoxy groups -OCH3 is 2. The van der Waals surface area contributed by atoms with Crippen LogP contribution in [-0.2, 0) is 13.5 Å². The van der Waals surface area contributed by atoms with Gasteiger partial charge < -0.3 is 19.4 Å². The molecule has 0 bridgehead atoms. The lowest BCUT2D eigenvalue weighted by molar-refractivity contribution is 0.395. The molecule has 20 heavy (non-hydrogen) atoms. The summed E-state index contributed by atoms with van der Waals surface area (Å²) in [5, 5.41) is 3.85. The molecule has 0 aliphatic rings. The van der Waals surface area contributed by atoms with E-state index < -0.39 is 0 Å². The fourth-order valence-corrected chi connectivity index (χ4v) is 2.19. The maximum absolute atomic E-state index is 6.13. The zero-order valence-electron chi connectivity index (χ0n) is 11.8. The lowest BCUT2D eigenvalue weighted by Gasteiger charge is -2.13. The van der Waals surface area contributed by atoms with Gasteiger partial charge in [0.15, 0.2) is 0 Å². The molecule has 2 rings (SSSR count). The molecule has 0 unspecified atom stereocenters. The van der Waals surface area contributed by atoms with Crippen molar-refractivity contribution in [3.05, 3.63) is 35.4 Å². The maximum atomic E-state index is 6.13. The summed E-state index contributed by atoms with van der Waals surface area (Å²) in [5.74, 6) is 2.32. The molecule has 0 saturated heterocycles. The fourth-order valence-electron chi connectivity index (χ4n) is 1.94. The van der Waals surface area contributed by atoms with Crippen molar-refractivity contribution in [2.45, 2.75) is 6.42 Å². The molecule has 1 N–H and O–H groups in total. The minimum Gasteiger partial charge on any atom is -0.495 e. The summed E-state index contributed by atoms with van der Waals surface area (Å²) >= 11 is 6.13. The lowest BCUT2D eigenvalue weighted by Crippen LogP contribution is -2.09. The van der Waals surface area contributed by atoms with Crippen LogP contribution >= 0.6 is 11.6 Å². The van der Waals surface area contributed by atoms with Crippen molar-refractivity contribution in [2.75, 3.05) is 26.1 Å². The summed E-state index contributed by atoms with van der Waals surface area (Å²) in [6.07, 6.45) is 4.54. The molecule has 1 aromatic heterocycles. The SMILES string of the molecule is COc1cc(OC)c(NCCc2nccn2C)cc1Cl. The van der Waals surface area contributed by atoms with E-state index in [1.807, 2.05) is 17.8 Å². The van der Waals surface area contributed by atoms with Crippen LogP contribution in [0.2, 0.25) is 5.02 Å². The Hall–Kier alpha value is -1.88. The number of nitrogens with zero attached hydrogens (tertiary/aromatic N) is 2. The van der Waals surface area contributed by atoms with Gasteiger partial charge in [0.1, 0.15) is 17.3 Å². The van der Waals surface area contributed by atoms with Gasteiger partial charge in [-0.3, -0.25) is 0 Å². The predicted octanol–water partition coefficient (Wildman–Crippen LogP) is 2.75. The molecular formula is C14H18ClN3O2. The molecule has 108 valence electrons. The van der Waals surface area contributed by atoms with E-state index in [4.69, 9.17) is 21.1 Å². The highest BCUT2D eigenvalue weighted by Gasteiger charge is 2.09. The molecule has 0 amide bonds. The average Bonchev–Trinajstić information content (AvgIpc) is 2.85. The Labute approximate surface area is 123 Å². The standard InChI is InChI=1S/C14H18ClN3O2/c1-18-7-6-17-14(18)4-5-16-11-8-10(15)12(19-2)9-13(11)20-3/h6-9,16H,4-5H2,1-3H3.